The predicted molar refractivity (Wildman–Crippen MR) is 64.1 cm³/mol. The van der Waals surface area contributed by atoms with Crippen LogP contribution in [0.3, 0.4) is 0 Å². The molecule has 2 heteroatoms. The fraction of sp³-hybridized carbons (Fsp3) is 0.833. The Labute approximate surface area is 88.7 Å². The summed E-state index contributed by atoms with van der Waals surface area (Å²) in [6.45, 7) is 14.5. The minimum Gasteiger partial charge on any atom is -0.327 e. The second-order valence-electron chi connectivity index (χ2n) is 4.66. The van der Waals surface area contributed by atoms with Gasteiger partial charge in [-0.3, -0.25) is 0 Å². The van der Waals surface area contributed by atoms with Crippen LogP contribution in [0.15, 0.2) is 12.2 Å². The molecule has 4 N–H and O–H groups in total. The standard InChI is InChI=1S/C12H26N2/c1-7-11(6,10(5)13)12(14,8-2)9(3)4/h10H,3,7-8,13-14H2,1-2,4-6H3. The van der Waals surface area contributed by atoms with Crippen molar-refractivity contribution in [3.05, 3.63) is 12.2 Å². The van der Waals surface area contributed by atoms with Crippen molar-refractivity contribution in [2.45, 2.75) is 59.0 Å². The molecule has 0 saturated heterocycles. The molecule has 14 heavy (non-hydrogen) atoms. The first-order valence-corrected chi connectivity index (χ1v) is 5.46. The van der Waals surface area contributed by atoms with Crippen LogP contribution in [0, 0.1) is 5.41 Å². The molecule has 0 rings (SSSR count). The quantitative estimate of drug-likeness (QED) is 0.667. The number of rotatable bonds is 5. The Bertz CT molecular complexity index is 210. The normalized spacial score (nSPS) is 22.2. The van der Waals surface area contributed by atoms with E-state index in [-0.39, 0.29) is 17.0 Å². The molecule has 84 valence electrons. The smallest absolute Gasteiger partial charge is 0.0430 e. The maximum Gasteiger partial charge on any atom is 0.0430 e. The van der Waals surface area contributed by atoms with Gasteiger partial charge in [-0.15, -0.1) is 0 Å². The van der Waals surface area contributed by atoms with Gasteiger partial charge >= 0.3 is 0 Å². The largest absolute Gasteiger partial charge is 0.327 e. The average Bonchev–Trinajstić information content (AvgIpc) is 2.14. The lowest BCUT2D eigenvalue weighted by atomic mass is 9.61. The summed E-state index contributed by atoms with van der Waals surface area (Å²) in [5.41, 5.74) is 13.1. The highest BCUT2D eigenvalue weighted by atomic mass is 14.8. The molecule has 0 aliphatic carbocycles. The van der Waals surface area contributed by atoms with Gasteiger partial charge in [-0.05, 0) is 26.7 Å². The van der Waals surface area contributed by atoms with Crippen LogP contribution < -0.4 is 11.5 Å². The Kier molecular flexibility index (Phi) is 4.34. The molecule has 0 heterocycles. The molecule has 0 amide bonds. The van der Waals surface area contributed by atoms with Crippen molar-refractivity contribution in [3.8, 4) is 0 Å². The van der Waals surface area contributed by atoms with E-state index in [4.69, 9.17) is 11.5 Å². The summed E-state index contributed by atoms with van der Waals surface area (Å²) in [5.74, 6) is 0. The minimum atomic E-state index is -0.351. The molecule has 0 spiro atoms. The second kappa shape index (κ2) is 4.45. The van der Waals surface area contributed by atoms with Crippen molar-refractivity contribution in [1.29, 1.82) is 0 Å². The molecule has 0 bridgehead atoms. The number of hydrogen-bond acceptors (Lipinski definition) is 2. The summed E-state index contributed by atoms with van der Waals surface area (Å²) in [6, 6.07) is 0.0779. The lowest BCUT2D eigenvalue weighted by molar-refractivity contribution is 0.129. The molecular formula is C12H26N2. The van der Waals surface area contributed by atoms with E-state index in [1.807, 2.05) is 13.8 Å². The Morgan fingerprint density at radius 2 is 1.79 bits per heavy atom. The van der Waals surface area contributed by atoms with Crippen molar-refractivity contribution >= 4 is 0 Å². The third kappa shape index (κ3) is 1.86. The summed E-state index contributed by atoms with van der Waals surface area (Å²) in [6.07, 6.45) is 1.86. The lowest BCUT2D eigenvalue weighted by Crippen LogP contribution is -2.60. The fourth-order valence-electron chi connectivity index (χ4n) is 2.24. The van der Waals surface area contributed by atoms with E-state index < -0.39 is 0 Å². The molecule has 2 nitrogen and oxygen atoms in total. The molecule has 0 saturated carbocycles. The van der Waals surface area contributed by atoms with Crippen molar-refractivity contribution < 1.29 is 0 Å². The van der Waals surface area contributed by atoms with Gasteiger partial charge in [0.15, 0.2) is 0 Å². The summed E-state index contributed by atoms with van der Waals surface area (Å²) in [5, 5.41) is 0. The summed E-state index contributed by atoms with van der Waals surface area (Å²) >= 11 is 0. The highest BCUT2D eigenvalue weighted by molar-refractivity contribution is 5.21. The minimum absolute atomic E-state index is 0.0758. The summed E-state index contributed by atoms with van der Waals surface area (Å²) < 4.78 is 0. The van der Waals surface area contributed by atoms with E-state index in [1.54, 1.807) is 0 Å². The SMILES string of the molecule is C=C(C)C(N)(CC)C(C)(CC)C(C)N. The number of nitrogens with two attached hydrogens (primary N) is 2. The molecule has 3 unspecified atom stereocenters. The van der Waals surface area contributed by atoms with E-state index in [0.29, 0.717) is 0 Å². The topological polar surface area (TPSA) is 52.0 Å². The van der Waals surface area contributed by atoms with Gasteiger partial charge in [0.25, 0.3) is 0 Å². The van der Waals surface area contributed by atoms with Crippen molar-refractivity contribution in [3.63, 3.8) is 0 Å². The Balaban J connectivity index is 5.26. The average molecular weight is 198 g/mol. The molecule has 0 fully saturated rings. The van der Waals surface area contributed by atoms with Gasteiger partial charge < -0.3 is 11.5 Å². The first kappa shape index (κ1) is 13.7. The van der Waals surface area contributed by atoms with Gasteiger partial charge in [0.05, 0.1) is 0 Å². The fourth-order valence-corrected chi connectivity index (χ4v) is 2.24. The van der Waals surface area contributed by atoms with E-state index in [9.17, 15) is 0 Å². The van der Waals surface area contributed by atoms with Crippen molar-refractivity contribution in [2.24, 2.45) is 16.9 Å². The van der Waals surface area contributed by atoms with Gasteiger partial charge in [-0.1, -0.05) is 32.9 Å². The first-order valence-electron chi connectivity index (χ1n) is 5.46. The van der Waals surface area contributed by atoms with E-state index in [1.165, 1.54) is 0 Å². The molecule has 0 aliphatic heterocycles. The van der Waals surface area contributed by atoms with Gasteiger partial charge in [-0.25, -0.2) is 0 Å². The second-order valence-corrected chi connectivity index (χ2v) is 4.66. The van der Waals surface area contributed by atoms with Crippen LogP contribution in [0.5, 0.6) is 0 Å². The highest BCUT2D eigenvalue weighted by Gasteiger charge is 2.45. The first-order chi connectivity index (χ1) is 6.26. The van der Waals surface area contributed by atoms with Crippen LogP contribution in [0.2, 0.25) is 0 Å². The van der Waals surface area contributed by atoms with Crippen LogP contribution in [0.1, 0.15) is 47.5 Å². The number of hydrogen-bond donors (Lipinski definition) is 2. The monoisotopic (exact) mass is 198 g/mol. The molecule has 0 aromatic rings. The van der Waals surface area contributed by atoms with Gasteiger partial charge in [0, 0.05) is 17.0 Å². The van der Waals surface area contributed by atoms with Crippen LogP contribution in [0.4, 0.5) is 0 Å². The molecule has 0 aliphatic rings. The zero-order valence-corrected chi connectivity index (χ0v) is 10.4. The van der Waals surface area contributed by atoms with Crippen molar-refractivity contribution in [2.75, 3.05) is 0 Å². The maximum absolute atomic E-state index is 6.45. The van der Waals surface area contributed by atoms with Gasteiger partial charge in [0.2, 0.25) is 0 Å². The van der Waals surface area contributed by atoms with Crippen LogP contribution in [-0.4, -0.2) is 11.6 Å². The Hall–Kier alpha value is -0.340. The summed E-state index contributed by atoms with van der Waals surface area (Å²) in [4.78, 5) is 0. The highest BCUT2D eigenvalue weighted by Crippen LogP contribution is 2.41. The molecule has 0 radical (unpaired) electrons. The van der Waals surface area contributed by atoms with E-state index in [0.717, 1.165) is 18.4 Å². The van der Waals surface area contributed by atoms with Crippen molar-refractivity contribution in [1.82, 2.24) is 0 Å². The van der Waals surface area contributed by atoms with Gasteiger partial charge in [-0.2, -0.15) is 0 Å². The van der Waals surface area contributed by atoms with Crippen LogP contribution in [0.25, 0.3) is 0 Å². The van der Waals surface area contributed by atoms with E-state index in [2.05, 4.69) is 27.4 Å². The lowest BCUT2D eigenvalue weighted by Gasteiger charge is -2.49. The Morgan fingerprint density at radius 3 is 1.86 bits per heavy atom. The van der Waals surface area contributed by atoms with Crippen LogP contribution >= 0.6 is 0 Å². The molecule has 0 aromatic carbocycles. The molecule has 0 aromatic heterocycles. The molecule has 3 atom stereocenters. The maximum atomic E-state index is 6.45. The zero-order chi connectivity index (χ0) is 11.6. The summed E-state index contributed by atoms with van der Waals surface area (Å²) in [7, 11) is 0. The Morgan fingerprint density at radius 1 is 1.36 bits per heavy atom. The zero-order valence-electron chi connectivity index (χ0n) is 10.4. The predicted octanol–water partition coefficient (Wildman–Crippen LogP) is 2.43. The van der Waals surface area contributed by atoms with E-state index >= 15 is 0 Å². The molecular weight excluding hydrogens is 172 g/mol. The van der Waals surface area contributed by atoms with Gasteiger partial charge in [0.1, 0.15) is 0 Å². The third-order valence-electron chi connectivity index (χ3n) is 4.08. The third-order valence-corrected chi connectivity index (χ3v) is 4.08. The van der Waals surface area contributed by atoms with Crippen LogP contribution in [-0.2, 0) is 0 Å².